The van der Waals surface area contributed by atoms with E-state index in [2.05, 4.69) is 10.6 Å². The maximum Gasteiger partial charge on any atom is 0.408 e. The zero-order valence-electron chi connectivity index (χ0n) is 14.6. The number of alkyl carbamates (subject to hydrolysis) is 1. The van der Waals surface area contributed by atoms with Crippen LogP contribution in [0, 0.1) is 0 Å². The third kappa shape index (κ3) is 4.53. The predicted octanol–water partition coefficient (Wildman–Crippen LogP) is 2.94. The number of fused-ring (bicyclic) bond motifs is 1. The summed E-state index contributed by atoms with van der Waals surface area (Å²) in [5, 5.41) is 5.52. The van der Waals surface area contributed by atoms with Gasteiger partial charge in [0.15, 0.2) is 0 Å². The zero-order valence-corrected chi connectivity index (χ0v) is 14.6. The van der Waals surface area contributed by atoms with Crippen molar-refractivity contribution in [1.29, 1.82) is 0 Å². The number of carbonyl (C=O) groups excluding carboxylic acids is 2. The molecule has 0 aromatic heterocycles. The van der Waals surface area contributed by atoms with Gasteiger partial charge in [0.2, 0.25) is 5.91 Å². The lowest BCUT2D eigenvalue weighted by molar-refractivity contribution is -0.123. The van der Waals surface area contributed by atoms with Gasteiger partial charge in [-0.05, 0) is 18.6 Å². The summed E-state index contributed by atoms with van der Waals surface area (Å²) in [5.74, 6) is 0.523. The van der Waals surface area contributed by atoms with Crippen molar-refractivity contribution < 1.29 is 19.1 Å². The molecule has 1 heterocycles. The lowest BCUT2D eigenvalue weighted by Crippen LogP contribution is -2.46. The number of benzene rings is 2. The summed E-state index contributed by atoms with van der Waals surface area (Å²) in [6.45, 7) is 2.33. The Balaban J connectivity index is 1.50. The molecule has 1 aliphatic heterocycles. The molecule has 1 aliphatic rings. The molecule has 2 aromatic carbocycles. The molecular formula is C20H22N2O4. The van der Waals surface area contributed by atoms with Crippen molar-refractivity contribution in [2.75, 3.05) is 6.61 Å². The monoisotopic (exact) mass is 354 g/mol. The van der Waals surface area contributed by atoms with Gasteiger partial charge in [0.05, 0.1) is 12.6 Å². The van der Waals surface area contributed by atoms with Crippen LogP contribution in [-0.2, 0) is 16.1 Å². The second kappa shape index (κ2) is 8.38. The van der Waals surface area contributed by atoms with Gasteiger partial charge in [-0.3, -0.25) is 4.79 Å². The normalized spacial score (nSPS) is 16.6. The summed E-state index contributed by atoms with van der Waals surface area (Å²) < 4.78 is 10.7. The van der Waals surface area contributed by atoms with Gasteiger partial charge < -0.3 is 20.1 Å². The topological polar surface area (TPSA) is 76.7 Å². The van der Waals surface area contributed by atoms with Crippen LogP contribution in [-0.4, -0.2) is 24.6 Å². The van der Waals surface area contributed by atoms with E-state index in [-0.39, 0.29) is 18.6 Å². The van der Waals surface area contributed by atoms with Crippen LogP contribution in [0.2, 0.25) is 0 Å². The largest absolute Gasteiger partial charge is 0.493 e. The third-order valence-corrected chi connectivity index (χ3v) is 4.22. The van der Waals surface area contributed by atoms with Crippen molar-refractivity contribution in [3.8, 4) is 5.75 Å². The quantitative estimate of drug-likeness (QED) is 0.865. The average molecular weight is 354 g/mol. The molecule has 136 valence electrons. The Morgan fingerprint density at radius 2 is 1.88 bits per heavy atom. The number of nitrogens with one attached hydrogen (secondary N) is 2. The molecule has 2 aromatic rings. The highest BCUT2D eigenvalue weighted by molar-refractivity contribution is 5.85. The smallest absolute Gasteiger partial charge is 0.408 e. The number of rotatable bonds is 5. The Labute approximate surface area is 152 Å². The van der Waals surface area contributed by atoms with Crippen molar-refractivity contribution in [2.24, 2.45) is 0 Å². The van der Waals surface area contributed by atoms with E-state index in [9.17, 15) is 9.59 Å². The molecule has 3 rings (SSSR count). The van der Waals surface area contributed by atoms with Crippen molar-refractivity contribution in [3.63, 3.8) is 0 Å². The molecule has 0 unspecified atom stereocenters. The van der Waals surface area contributed by atoms with E-state index in [4.69, 9.17) is 9.47 Å². The van der Waals surface area contributed by atoms with Gasteiger partial charge in [-0.1, -0.05) is 48.5 Å². The Hall–Kier alpha value is -3.02. The lowest BCUT2D eigenvalue weighted by atomic mass is 10.0. The van der Waals surface area contributed by atoms with E-state index in [0.29, 0.717) is 13.0 Å². The molecule has 0 bridgehead atoms. The van der Waals surface area contributed by atoms with Gasteiger partial charge in [-0.25, -0.2) is 4.79 Å². The zero-order chi connectivity index (χ0) is 18.4. The highest BCUT2D eigenvalue weighted by atomic mass is 16.5. The number of carbonyl (C=O) groups is 2. The average Bonchev–Trinajstić information content (AvgIpc) is 2.67. The fourth-order valence-corrected chi connectivity index (χ4v) is 2.80. The first-order valence-corrected chi connectivity index (χ1v) is 8.63. The molecule has 2 atom stereocenters. The standard InChI is InChI=1S/C20H22N2O4/c1-14(21-20(24)26-13-15-7-3-2-4-8-15)19(23)22-17-11-12-25-18-10-6-5-9-16(17)18/h2-10,14,17H,11-13H2,1H3,(H,21,24)(H,22,23)/t14-,17+/m1/s1. The second-order valence-electron chi connectivity index (χ2n) is 6.16. The van der Waals surface area contributed by atoms with Crippen molar-refractivity contribution in [2.45, 2.75) is 32.0 Å². The molecule has 2 amide bonds. The Morgan fingerprint density at radius 3 is 2.69 bits per heavy atom. The highest BCUT2D eigenvalue weighted by Gasteiger charge is 2.25. The maximum absolute atomic E-state index is 12.4. The van der Waals surface area contributed by atoms with E-state index < -0.39 is 12.1 Å². The summed E-state index contributed by atoms with van der Waals surface area (Å²) in [5.41, 5.74) is 1.84. The van der Waals surface area contributed by atoms with Crippen molar-refractivity contribution in [1.82, 2.24) is 10.6 Å². The van der Waals surface area contributed by atoms with Gasteiger partial charge >= 0.3 is 6.09 Å². The molecule has 0 radical (unpaired) electrons. The molecule has 6 nitrogen and oxygen atoms in total. The van der Waals surface area contributed by atoms with E-state index in [1.807, 2.05) is 54.6 Å². The molecule has 0 aliphatic carbocycles. The van der Waals surface area contributed by atoms with Crippen LogP contribution < -0.4 is 15.4 Å². The van der Waals surface area contributed by atoms with Crippen LogP contribution in [0.5, 0.6) is 5.75 Å². The highest BCUT2D eigenvalue weighted by Crippen LogP contribution is 2.31. The van der Waals surface area contributed by atoms with Crippen LogP contribution in [0.25, 0.3) is 0 Å². The van der Waals surface area contributed by atoms with Gasteiger partial charge in [-0.2, -0.15) is 0 Å². The molecule has 6 heteroatoms. The molecule has 0 fully saturated rings. The lowest BCUT2D eigenvalue weighted by Gasteiger charge is -2.27. The Bertz CT molecular complexity index is 763. The van der Waals surface area contributed by atoms with Gasteiger partial charge in [-0.15, -0.1) is 0 Å². The summed E-state index contributed by atoms with van der Waals surface area (Å²) in [7, 11) is 0. The first-order valence-electron chi connectivity index (χ1n) is 8.63. The molecule has 0 spiro atoms. The van der Waals surface area contributed by atoms with Crippen LogP contribution in [0.4, 0.5) is 4.79 Å². The third-order valence-electron chi connectivity index (χ3n) is 4.22. The van der Waals surface area contributed by atoms with Crippen LogP contribution in [0.1, 0.15) is 30.5 Å². The molecule has 0 saturated heterocycles. The van der Waals surface area contributed by atoms with Gasteiger partial charge in [0, 0.05) is 12.0 Å². The number of hydrogen-bond donors (Lipinski definition) is 2. The SMILES string of the molecule is C[C@@H](NC(=O)OCc1ccccc1)C(=O)N[C@H]1CCOc2ccccc21. The van der Waals surface area contributed by atoms with Crippen molar-refractivity contribution >= 4 is 12.0 Å². The fourth-order valence-electron chi connectivity index (χ4n) is 2.80. The fraction of sp³-hybridized carbons (Fsp3) is 0.300. The number of ether oxygens (including phenoxy) is 2. The molecule has 0 saturated carbocycles. The van der Waals surface area contributed by atoms with Gasteiger partial charge in [0.25, 0.3) is 0 Å². The summed E-state index contributed by atoms with van der Waals surface area (Å²) >= 11 is 0. The summed E-state index contributed by atoms with van der Waals surface area (Å²) in [4.78, 5) is 24.3. The van der Waals surface area contributed by atoms with E-state index in [1.54, 1.807) is 6.92 Å². The van der Waals surface area contributed by atoms with E-state index >= 15 is 0 Å². The minimum absolute atomic E-state index is 0.128. The molecule has 2 N–H and O–H groups in total. The molecular weight excluding hydrogens is 332 g/mol. The van der Waals surface area contributed by atoms with Crippen LogP contribution in [0.3, 0.4) is 0 Å². The second-order valence-corrected chi connectivity index (χ2v) is 6.16. The van der Waals surface area contributed by atoms with E-state index in [1.165, 1.54) is 0 Å². The number of para-hydroxylation sites is 1. The van der Waals surface area contributed by atoms with Crippen molar-refractivity contribution in [3.05, 3.63) is 65.7 Å². The van der Waals surface area contributed by atoms with Gasteiger partial charge in [0.1, 0.15) is 18.4 Å². The first-order chi connectivity index (χ1) is 12.6. The summed E-state index contributed by atoms with van der Waals surface area (Å²) in [6.07, 6.45) is 0.0670. The predicted molar refractivity (Wildman–Crippen MR) is 96.7 cm³/mol. The first kappa shape index (κ1) is 17.8. The van der Waals surface area contributed by atoms with Crippen LogP contribution >= 0.6 is 0 Å². The molecule has 26 heavy (non-hydrogen) atoms. The number of hydrogen-bond acceptors (Lipinski definition) is 4. The number of amides is 2. The minimum atomic E-state index is -0.701. The Morgan fingerprint density at radius 1 is 1.15 bits per heavy atom. The maximum atomic E-state index is 12.4. The summed E-state index contributed by atoms with van der Waals surface area (Å²) in [6, 6.07) is 16.2. The van der Waals surface area contributed by atoms with Crippen LogP contribution in [0.15, 0.2) is 54.6 Å². The Kier molecular flexibility index (Phi) is 5.73. The van der Waals surface area contributed by atoms with E-state index in [0.717, 1.165) is 16.9 Å². The minimum Gasteiger partial charge on any atom is -0.493 e.